The lowest BCUT2D eigenvalue weighted by Crippen LogP contribution is -2.45. The number of carbonyl (C=O) groups excluding carboxylic acids is 2. The van der Waals surface area contributed by atoms with Crippen molar-refractivity contribution in [3.05, 3.63) is 65.2 Å². The van der Waals surface area contributed by atoms with Crippen molar-refractivity contribution in [2.45, 2.75) is 32.7 Å². The third-order valence-electron chi connectivity index (χ3n) is 5.17. The molecule has 2 amide bonds. The number of para-hydroxylation sites is 1. The van der Waals surface area contributed by atoms with E-state index in [1.54, 1.807) is 0 Å². The molecule has 1 saturated heterocycles. The number of nitrogens with one attached hydrogen (secondary N) is 2. The second-order valence-corrected chi connectivity index (χ2v) is 7.98. The molecule has 2 N–H and O–H groups in total. The molecule has 2 aromatic carbocycles. The standard InChI is InChI=1S/C23H27F2N3O2/c1-15(2)14-26-22(29)19-5-3-4-6-21(19)28-11-9-17(10-12-28)27-23(30)18-8-7-16(24)13-20(18)25/h3-8,13,15,17H,9-12,14H2,1-2H3,(H,26,29)(H,27,30). The number of piperidine rings is 1. The van der Waals surface area contributed by atoms with Gasteiger partial charge >= 0.3 is 0 Å². The smallest absolute Gasteiger partial charge is 0.254 e. The minimum atomic E-state index is -0.869. The van der Waals surface area contributed by atoms with Crippen LogP contribution in [0.25, 0.3) is 0 Å². The van der Waals surface area contributed by atoms with Crippen molar-refractivity contribution in [1.29, 1.82) is 0 Å². The molecule has 0 saturated carbocycles. The fourth-order valence-electron chi connectivity index (χ4n) is 3.53. The van der Waals surface area contributed by atoms with E-state index in [0.717, 1.165) is 17.8 Å². The van der Waals surface area contributed by atoms with Crippen LogP contribution in [0.15, 0.2) is 42.5 Å². The van der Waals surface area contributed by atoms with E-state index in [0.29, 0.717) is 50.0 Å². The fraction of sp³-hybridized carbons (Fsp3) is 0.391. The van der Waals surface area contributed by atoms with E-state index in [1.165, 1.54) is 0 Å². The first-order chi connectivity index (χ1) is 14.3. The topological polar surface area (TPSA) is 61.4 Å². The second kappa shape index (κ2) is 9.69. The van der Waals surface area contributed by atoms with Gasteiger partial charge in [-0.1, -0.05) is 26.0 Å². The molecule has 0 radical (unpaired) electrons. The zero-order chi connectivity index (χ0) is 21.7. The summed E-state index contributed by atoms with van der Waals surface area (Å²) < 4.78 is 26.9. The predicted octanol–water partition coefficient (Wildman–Crippen LogP) is 3.75. The van der Waals surface area contributed by atoms with Crippen LogP contribution in [-0.4, -0.2) is 37.5 Å². The van der Waals surface area contributed by atoms with Crippen LogP contribution in [0.5, 0.6) is 0 Å². The molecule has 1 fully saturated rings. The molecule has 1 heterocycles. The van der Waals surface area contributed by atoms with Crippen molar-refractivity contribution in [1.82, 2.24) is 10.6 Å². The van der Waals surface area contributed by atoms with Crippen molar-refractivity contribution in [2.75, 3.05) is 24.5 Å². The summed E-state index contributed by atoms with van der Waals surface area (Å²) in [5, 5.41) is 5.79. The van der Waals surface area contributed by atoms with Gasteiger partial charge in [0.2, 0.25) is 0 Å². The maximum atomic E-state index is 13.8. The van der Waals surface area contributed by atoms with Gasteiger partial charge in [-0.3, -0.25) is 9.59 Å². The van der Waals surface area contributed by atoms with Crippen LogP contribution < -0.4 is 15.5 Å². The lowest BCUT2D eigenvalue weighted by molar-refractivity contribution is 0.0925. The van der Waals surface area contributed by atoms with Crippen LogP contribution in [0.3, 0.4) is 0 Å². The Morgan fingerprint density at radius 2 is 1.73 bits per heavy atom. The molecular formula is C23H27F2N3O2. The Morgan fingerprint density at radius 1 is 1.03 bits per heavy atom. The van der Waals surface area contributed by atoms with Gasteiger partial charge in [-0.2, -0.15) is 0 Å². The van der Waals surface area contributed by atoms with E-state index in [9.17, 15) is 18.4 Å². The van der Waals surface area contributed by atoms with E-state index in [2.05, 4.69) is 15.5 Å². The second-order valence-electron chi connectivity index (χ2n) is 7.98. The molecule has 0 bridgehead atoms. The third kappa shape index (κ3) is 5.34. The zero-order valence-electron chi connectivity index (χ0n) is 17.3. The van der Waals surface area contributed by atoms with E-state index < -0.39 is 17.5 Å². The maximum Gasteiger partial charge on any atom is 0.254 e. The predicted molar refractivity (Wildman–Crippen MR) is 113 cm³/mol. The van der Waals surface area contributed by atoms with Gasteiger partial charge in [0.1, 0.15) is 11.6 Å². The van der Waals surface area contributed by atoms with E-state index >= 15 is 0 Å². The summed E-state index contributed by atoms with van der Waals surface area (Å²) in [5.41, 5.74) is 1.34. The molecule has 0 atom stereocenters. The van der Waals surface area contributed by atoms with Crippen molar-refractivity contribution < 1.29 is 18.4 Å². The molecule has 1 aliphatic rings. The van der Waals surface area contributed by atoms with Crippen molar-refractivity contribution in [2.24, 2.45) is 5.92 Å². The Bertz CT molecular complexity index is 909. The van der Waals surface area contributed by atoms with Gasteiger partial charge in [0, 0.05) is 37.4 Å². The molecule has 30 heavy (non-hydrogen) atoms. The number of rotatable bonds is 6. The summed E-state index contributed by atoms with van der Waals surface area (Å²) in [5.74, 6) is -1.85. The molecule has 2 aromatic rings. The van der Waals surface area contributed by atoms with Crippen LogP contribution in [0, 0.1) is 17.6 Å². The number of carbonyl (C=O) groups is 2. The Hall–Kier alpha value is -2.96. The minimum absolute atomic E-state index is 0.0958. The molecule has 0 aliphatic carbocycles. The Balaban J connectivity index is 1.61. The minimum Gasteiger partial charge on any atom is -0.371 e. The molecule has 5 nitrogen and oxygen atoms in total. The van der Waals surface area contributed by atoms with Crippen LogP contribution in [0.4, 0.5) is 14.5 Å². The number of halogens is 2. The first-order valence-electron chi connectivity index (χ1n) is 10.2. The number of benzene rings is 2. The lowest BCUT2D eigenvalue weighted by Gasteiger charge is -2.35. The zero-order valence-corrected chi connectivity index (χ0v) is 17.3. The Labute approximate surface area is 175 Å². The highest BCUT2D eigenvalue weighted by molar-refractivity contribution is 5.99. The monoisotopic (exact) mass is 415 g/mol. The lowest BCUT2D eigenvalue weighted by atomic mass is 10.0. The molecule has 3 rings (SSSR count). The molecule has 0 aromatic heterocycles. The Morgan fingerprint density at radius 3 is 2.40 bits per heavy atom. The largest absolute Gasteiger partial charge is 0.371 e. The van der Waals surface area contributed by atoms with Gasteiger partial charge in [0.05, 0.1) is 11.1 Å². The number of amides is 2. The molecule has 1 aliphatic heterocycles. The summed E-state index contributed by atoms with van der Waals surface area (Å²) in [6, 6.07) is 10.3. The average Bonchev–Trinajstić information content (AvgIpc) is 2.72. The quantitative estimate of drug-likeness (QED) is 0.756. The van der Waals surface area contributed by atoms with Crippen molar-refractivity contribution >= 4 is 17.5 Å². The normalized spacial score (nSPS) is 14.6. The number of hydrogen-bond acceptors (Lipinski definition) is 3. The van der Waals surface area contributed by atoms with Gasteiger partial charge in [-0.25, -0.2) is 8.78 Å². The van der Waals surface area contributed by atoms with Gasteiger partial charge in [0.25, 0.3) is 11.8 Å². The highest BCUT2D eigenvalue weighted by atomic mass is 19.1. The van der Waals surface area contributed by atoms with Gasteiger partial charge < -0.3 is 15.5 Å². The highest BCUT2D eigenvalue weighted by Gasteiger charge is 2.25. The van der Waals surface area contributed by atoms with E-state index in [1.807, 2.05) is 38.1 Å². The SMILES string of the molecule is CC(C)CNC(=O)c1ccccc1N1CCC(NC(=O)c2ccc(F)cc2F)CC1. The van der Waals surface area contributed by atoms with Crippen molar-refractivity contribution in [3.8, 4) is 0 Å². The van der Waals surface area contributed by atoms with Gasteiger partial charge in [-0.15, -0.1) is 0 Å². The Kier molecular flexibility index (Phi) is 7.03. The third-order valence-corrected chi connectivity index (χ3v) is 5.17. The van der Waals surface area contributed by atoms with Crippen LogP contribution in [-0.2, 0) is 0 Å². The first-order valence-corrected chi connectivity index (χ1v) is 10.2. The first kappa shape index (κ1) is 21.7. The van der Waals surface area contributed by atoms with Crippen molar-refractivity contribution in [3.63, 3.8) is 0 Å². The van der Waals surface area contributed by atoms with Crippen LogP contribution in [0.2, 0.25) is 0 Å². The van der Waals surface area contributed by atoms with Crippen LogP contribution in [0.1, 0.15) is 47.4 Å². The number of hydrogen-bond donors (Lipinski definition) is 2. The van der Waals surface area contributed by atoms with E-state index in [-0.39, 0.29) is 17.5 Å². The summed E-state index contributed by atoms with van der Waals surface area (Å²) in [6.45, 7) is 6.02. The van der Waals surface area contributed by atoms with Gasteiger partial charge in [0.15, 0.2) is 0 Å². The summed E-state index contributed by atoms with van der Waals surface area (Å²) >= 11 is 0. The molecule has 160 valence electrons. The molecule has 7 heteroatoms. The number of nitrogens with zero attached hydrogens (tertiary/aromatic N) is 1. The average molecular weight is 415 g/mol. The summed E-state index contributed by atoms with van der Waals surface area (Å²) in [7, 11) is 0. The maximum absolute atomic E-state index is 13.8. The summed E-state index contributed by atoms with van der Waals surface area (Å²) in [4.78, 5) is 27.0. The van der Waals surface area contributed by atoms with Crippen LogP contribution >= 0.6 is 0 Å². The molecular weight excluding hydrogens is 388 g/mol. The highest BCUT2D eigenvalue weighted by Crippen LogP contribution is 2.24. The van der Waals surface area contributed by atoms with E-state index in [4.69, 9.17) is 0 Å². The molecule has 0 spiro atoms. The fourth-order valence-corrected chi connectivity index (χ4v) is 3.53. The number of anilines is 1. The molecule has 0 unspecified atom stereocenters. The summed E-state index contributed by atoms with van der Waals surface area (Å²) in [6.07, 6.45) is 1.33. The van der Waals surface area contributed by atoms with Gasteiger partial charge in [-0.05, 0) is 43.0 Å².